The molecule has 0 unspecified atom stereocenters. The molecular formula is C22H20N4O3S. The zero-order valence-corrected chi connectivity index (χ0v) is 17.5. The maximum Gasteiger partial charge on any atom is 0.221 e. The van der Waals surface area contributed by atoms with Crippen LogP contribution in [0.3, 0.4) is 0 Å². The standard InChI is InChI=1S/C22H20N4O3S/c1-14(27)25-18-7-5-17(6-8-18)24-12-16(11-23)22-26-19(13-30-22)15-4-9-20(28-2)21(10-15)29-3/h4-10,12-13,24H,1-3H3,(H,25,27)/b16-12-. The Balaban J connectivity index is 1.77. The summed E-state index contributed by atoms with van der Waals surface area (Å²) < 4.78 is 10.6. The molecule has 0 atom stereocenters. The minimum Gasteiger partial charge on any atom is -0.493 e. The fraction of sp³-hybridized carbons (Fsp3) is 0.136. The third-order valence-corrected chi connectivity index (χ3v) is 5.00. The van der Waals surface area contributed by atoms with Crippen molar-refractivity contribution < 1.29 is 14.3 Å². The molecule has 0 saturated carbocycles. The minimum absolute atomic E-state index is 0.128. The predicted octanol–water partition coefficient (Wildman–Crippen LogP) is 4.76. The Labute approximate surface area is 178 Å². The molecule has 0 bridgehead atoms. The smallest absolute Gasteiger partial charge is 0.221 e. The summed E-state index contributed by atoms with van der Waals surface area (Å²) in [6.45, 7) is 1.46. The molecule has 2 aromatic carbocycles. The Morgan fingerprint density at radius 2 is 1.80 bits per heavy atom. The number of carbonyl (C=O) groups excluding carboxylic acids is 1. The molecule has 2 N–H and O–H groups in total. The number of nitrogens with zero attached hydrogens (tertiary/aromatic N) is 2. The topological polar surface area (TPSA) is 96.3 Å². The number of anilines is 2. The van der Waals surface area contributed by atoms with Crippen molar-refractivity contribution >= 4 is 34.2 Å². The van der Waals surface area contributed by atoms with E-state index < -0.39 is 0 Å². The van der Waals surface area contributed by atoms with Gasteiger partial charge in [-0.15, -0.1) is 11.3 Å². The largest absolute Gasteiger partial charge is 0.493 e. The van der Waals surface area contributed by atoms with E-state index in [4.69, 9.17) is 9.47 Å². The van der Waals surface area contributed by atoms with Crippen LogP contribution in [0.25, 0.3) is 16.8 Å². The first-order valence-corrected chi connectivity index (χ1v) is 9.84. The van der Waals surface area contributed by atoms with Crippen molar-refractivity contribution in [1.29, 1.82) is 5.26 Å². The second-order valence-electron chi connectivity index (χ2n) is 6.18. The van der Waals surface area contributed by atoms with Gasteiger partial charge in [0, 0.05) is 35.4 Å². The first-order valence-electron chi connectivity index (χ1n) is 8.96. The molecule has 7 nitrogen and oxygen atoms in total. The predicted molar refractivity (Wildman–Crippen MR) is 119 cm³/mol. The average Bonchev–Trinajstić information content (AvgIpc) is 3.24. The van der Waals surface area contributed by atoms with Gasteiger partial charge in [-0.1, -0.05) is 0 Å². The monoisotopic (exact) mass is 420 g/mol. The third kappa shape index (κ3) is 4.96. The Hall–Kier alpha value is -3.83. The number of benzene rings is 2. The first-order chi connectivity index (χ1) is 14.5. The highest BCUT2D eigenvalue weighted by atomic mass is 32.1. The van der Waals surface area contributed by atoms with Gasteiger partial charge in [-0.2, -0.15) is 5.26 Å². The Kier molecular flexibility index (Phi) is 6.67. The van der Waals surface area contributed by atoms with Crippen LogP contribution in [0.2, 0.25) is 0 Å². The van der Waals surface area contributed by atoms with Gasteiger partial charge < -0.3 is 20.1 Å². The third-order valence-electron chi connectivity index (χ3n) is 4.12. The van der Waals surface area contributed by atoms with Crippen molar-refractivity contribution in [3.05, 3.63) is 59.1 Å². The van der Waals surface area contributed by atoms with Crippen LogP contribution in [0.5, 0.6) is 11.5 Å². The maximum absolute atomic E-state index is 11.1. The van der Waals surface area contributed by atoms with Crippen molar-refractivity contribution in [2.24, 2.45) is 0 Å². The molecule has 3 aromatic rings. The van der Waals surface area contributed by atoms with E-state index in [0.29, 0.717) is 27.8 Å². The molecule has 0 aliphatic heterocycles. The number of carbonyl (C=O) groups is 1. The van der Waals surface area contributed by atoms with Crippen LogP contribution < -0.4 is 20.1 Å². The summed E-state index contributed by atoms with van der Waals surface area (Å²) in [5, 5.41) is 17.8. The van der Waals surface area contributed by atoms with E-state index in [9.17, 15) is 10.1 Å². The van der Waals surface area contributed by atoms with E-state index in [-0.39, 0.29) is 5.91 Å². The van der Waals surface area contributed by atoms with Gasteiger partial charge in [-0.05, 0) is 42.5 Å². The van der Waals surface area contributed by atoms with Crippen molar-refractivity contribution in [3.63, 3.8) is 0 Å². The summed E-state index contributed by atoms with van der Waals surface area (Å²) in [6.07, 6.45) is 1.62. The van der Waals surface area contributed by atoms with Gasteiger partial charge in [0.2, 0.25) is 5.91 Å². The molecule has 0 spiro atoms. The lowest BCUT2D eigenvalue weighted by molar-refractivity contribution is -0.114. The second kappa shape index (κ2) is 9.58. The van der Waals surface area contributed by atoms with E-state index in [1.165, 1.54) is 18.3 Å². The highest BCUT2D eigenvalue weighted by Gasteiger charge is 2.12. The van der Waals surface area contributed by atoms with E-state index in [2.05, 4.69) is 21.7 Å². The summed E-state index contributed by atoms with van der Waals surface area (Å²) in [4.78, 5) is 15.7. The molecule has 1 heterocycles. The maximum atomic E-state index is 11.1. The highest BCUT2D eigenvalue weighted by Crippen LogP contribution is 2.33. The van der Waals surface area contributed by atoms with E-state index in [0.717, 1.165) is 16.9 Å². The molecule has 0 radical (unpaired) electrons. The van der Waals surface area contributed by atoms with Gasteiger partial charge >= 0.3 is 0 Å². The molecule has 1 aromatic heterocycles. The summed E-state index contributed by atoms with van der Waals surface area (Å²) in [5.74, 6) is 1.13. The molecule has 152 valence electrons. The van der Waals surface area contributed by atoms with Crippen molar-refractivity contribution in [3.8, 4) is 28.8 Å². The molecule has 0 aliphatic rings. The van der Waals surface area contributed by atoms with Crippen LogP contribution >= 0.6 is 11.3 Å². The van der Waals surface area contributed by atoms with Crippen LogP contribution in [0.15, 0.2) is 54.0 Å². The number of rotatable bonds is 7. The number of aromatic nitrogens is 1. The van der Waals surface area contributed by atoms with Crippen LogP contribution in [0, 0.1) is 11.3 Å². The Morgan fingerprint density at radius 3 is 2.43 bits per heavy atom. The van der Waals surface area contributed by atoms with Crippen molar-refractivity contribution in [2.75, 3.05) is 24.9 Å². The summed E-state index contributed by atoms with van der Waals surface area (Å²) in [5.41, 5.74) is 3.52. The molecule has 3 rings (SSSR count). The molecule has 0 fully saturated rings. The number of methoxy groups -OCH3 is 2. The number of nitriles is 1. The van der Waals surface area contributed by atoms with Gasteiger partial charge in [0.05, 0.1) is 19.9 Å². The van der Waals surface area contributed by atoms with Gasteiger partial charge in [0.25, 0.3) is 0 Å². The van der Waals surface area contributed by atoms with Crippen LogP contribution in [-0.4, -0.2) is 25.1 Å². The lowest BCUT2D eigenvalue weighted by atomic mass is 10.1. The lowest BCUT2D eigenvalue weighted by Gasteiger charge is -2.08. The van der Waals surface area contributed by atoms with Crippen LogP contribution in [0.4, 0.5) is 11.4 Å². The fourth-order valence-corrected chi connectivity index (χ4v) is 3.47. The number of hydrogen-bond acceptors (Lipinski definition) is 7. The fourth-order valence-electron chi connectivity index (χ4n) is 2.68. The summed E-state index contributed by atoms with van der Waals surface area (Å²) in [7, 11) is 3.17. The molecular weight excluding hydrogens is 400 g/mol. The number of amides is 1. The van der Waals surface area contributed by atoms with Crippen molar-refractivity contribution in [1.82, 2.24) is 4.98 Å². The highest BCUT2D eigenvalue weighted by molar-refractivity contribution is 7.11. The number of allylic oxidation sites excluding steroid dienone is 1. The lowest BCUT2D eigenvalue weighted by Crippen LogP contribution is -2.05. The number of hydrogen-bond donors (Lipinski definition) is 2. The Morgan fingerprint density at radius 1 is 1.10 bits per heavy atom. The summed E-state index contributed by atoms with van der Waals surface area (Å²) >= 11 is 1.38. The first kappa shape index (κ1) is 20.9. The molecule has 1 amide bonds. The van der Waals surface area contributed by atoms with Gasteiger partial charge in [0.15, 0.2) is 11.5 Å². The second-order valence-corrected chi connectivity index (χ2v) is 7.04. The van der Waals surface area contributed by atoms with Crippen molar-refractivity contribution in [2.45, 2.75) is 6.92 Å². The minimum atomic E-state index is -0.128. The van der Waals surface area contributed by atoms with Crippen LogP contribution in [-0.2, 0) is 4.79 Å². The number of thiazole rings is 1. The van der Waals surface area contributed by atoms with E-state index in [1.807, 2.05) is 35.7 Å². The summed E-state index contributed by atoms with van der Waals surface area (Å²) in [6, 6.07) is 14.9. The Bertz CT molecular complexity index is 1110. The van der Waals surface area contributed by atoms with Gasteiger partial charge in [-0.3, -0.25) is 4.79 Å². The molecule has 8 heteroatoms. The molecule has 30 heavy (non-hydrogen) atoms. The molecule has 0 saturated heterocycles. The zero-order valence-electron chi connectivity index (χ0n) is 16.7. The SMILES string of the molecule is COc1ccc(-c2csc(/C(C#N)=C\Nc3ccc(NC(C)=O)cc3)n2)cc1OC. The molecule has 0 aliphatic carbocycles. The van der Waals surface area contributed by atoms with Gasteiger partial charge in [0.1, 0.15) is 16.6 Å². The quantitative estimate of drug-likeness (QED) is 0.535. The van der Waals surface area contributed by atoms with Gasteiger partial charge in [-0.25, -0.2) is 4.98 Å². The normalized spacial score (nSPS) is 10.8. The van der Waals surface area contributed by atoms with E-state index in [1.54, 1.807) is 32.6 Å². The number of ether oxygens (including phenoxy) is 2. The van der Waals surface area contributed by atoms with Crippen LogP contribution in [0.1, 0.15) is 11.9 Å². The average molecular weight is 420 g/mol. The number of nitrogens with one attached hydrogen (secondary N) is 2. The van der Waals surface area contributed by atoms with E-state index >= 15 is 0 Å². The zero-order chi connectivity index (χ0) is 21.5.